The Morgan fingerprint density at radius 1 is 1.50 bits per heavy atom. The Morgan fingerprint density at radius 2 is 2.28 bits per heavy atom. The van der Waals surface area contributed by atoms with Gasteiger partial charge in [0.05, 0.1) is 0 Å². The molecule has 1 saturated heterocycles. The molecule has 0 aromatic heterocycles. The Hall–Kier alpha value is -0.0000000000000000763. The first kappa shape index (κ1) is 14.4. The summed E-state index contributed by atoms with van der Waals surface area (Å²) in [5, 5.41) is 4.44. The number of nitrogens with zero attached hydrogens (tertiary/aromatic N) is 1. The Balaban J connectivity index is 1.99. The summed E-state index contributed by atoms with van der Waals surface area (Å²) in [7, 11) is 2.21. The lowest BCUT2D eigenvalue weighted by Crippen LogP contribution is -2.39. The quantitative estimate of drug-likeness (QED) is 0.797. The number of rotatable bonds is 3. The monoisotopic (exact) mass is 378 g/mol. The summed E-state index contributed by atoms with van der Waals surface area (Å²) in [5.41, 5.74) is 1.20. The zero-order valence-electron chi connectivity index (χ0n) is 10.9. The van der Waals surface area contributed by atoms with Crippen molar-refractivity contribution in [3.8, 4) is 0 Å². The van der Waals surface area contributed by atoms with Gasteiger partial charge in [-0.3, -0.25) is 0 Å². The van der Waals surface area contributed by atoms with Gasteiger partial charge in [-0.25, -0.2) is 0 Å². The van der Waals surface area contributed by atoms with Crippen LogP contribution in [0.1, 0.15) is 19.8 Å². The summed E-state index contributed by atoms with van der Waals surface area (Å²) in [4.78, 5) is 2.43. The Morgan fingerprint density at radius 3 is 2.94 bits per heavy atom. The average molecular weight is 379 g/mol. The van der Waals surface area contributed by atoms with Crippen molar-refractivity contribution in [2.24, 2.45) is 5.92 Å². The molecule has 2 atom stereocenters. The number of anilines is 1. The van der Waals surface area contributed by atoms with Crippen LogP contribution >= 0.6 is 34.2 Å². The molecule has 1 heterocycles. The van der Waals surface area contributed by atoms with Crippen LogP contribution in [-0.2, 0) is 0 Å². The van der Waals surface area contributed by atoms with Gasteiger partial charge in [-0.15, -0.1) is 0 Å². The number of benzene rings is 1. The van der Waals surface area contributed by atoms with Gasteiger partial charge >= 0.3 is 0 Å². The first-order chi connectivity index (χ1) is 8.56. The molecule has 1 aromatic carbocycles. The fraction of sp³-hybridized carbons (Fsp3) is 0.571. The average Bonchev–Trinajstić information content (AvgIpc) is 2.32. The molecule has 1 aromatic rings. The molecular formula is C14H20ClIN2. The van der Waals surface area contributed by atoms with Crippen molar-refractivity contribution in [1.29, 1.82) is 0 Å². The third-order valence-electron chi connectivity index (χ3n) is 3.68. The molecule has 18 heavy (non-hydrogen) atoms. The van der Waals surface area contributed by atoms with Crippen molar-refractivity contribution in [3.05, 3.63) is 26.8 Å². The SMILES string of the molecule is CC(Nc1ccc(Cl)cc1I)C1CCCN(C)C1. The maximum atomic E-state index is 5.98. The molecule has 0 radical (unpaired) electrons. The lowest BCUT2D eigenvalue weighted by Gasteiger charge is -2.34. The third-order valence-corrected chi connectivity index (χ3v) is 4.81. The number of halogens is 2. The molecule has 2 nitrogen and oxygen atoms in total. The molecule has 4 heteroatoms. The van der Waals surface area contributed by atoms with Crippen LogP contribution in [0.2, 0.25) is 5.02 Å². The molecule has 0 amide bonds. The van der Waals surface area contributed by atoms with E-state index < -0.39 is 0 Å². The number of hydrogen-bond acceptors (Lipinski definition) is 2. The highest BCUT2D eigenvalue weighted by Crippen LogP contribution is 2.26. The summed E-state index contributed by atoms with van der Waals surface area (Å²) in [6.45, 7) is 4.72. The topological polar surface area (TPSA) is 15.3 Å². The summed E-state index contributed by atoms with van der Waals surface area (Å²) in [5.74, 6) is 0.732. The number of piperidine rings is 1. The lowest BCUT2D eigenvalue weighted by molar-refractivity contribution is 0.197. The van der Waals surface area contributed by atoms with E-state index >= 15 is 0 Å². The molecule has 2 unspecified atom stereocenters. The van der Waals surface area contributed by atoms with Crippen molar-refractivity contribution < 1.29 is 0 Å². The smallest absolute Gasteiger partial charge is 0.0479 e. The molecule has 1 fully saturated rings. The predicted octanol–water partition coefficient (Wildman–Crippen LogP) is 4.09. The predicted molar refractivity (Wildman–Crippen MR) is 87.5 cm³/mol. The van der Waals surface area contributed by atoms with E-state index in [0.29, 0.717) is 6.04 Å². The first-order valence-corrected chi connectivity index (χ1v) is 7.92. The largest absolute Gasteiger partial charge is 0.381 e. The van der Waals surface area contributed by atoms with E-state index in [0.717, 1.165) is 10.9 Å². The molecule has 1 aliphatic rings. The minimum atomic E-state index is 0.502. The van der Waals surface area contributed by atoms with Crippen molar-refractivity contribution in [3.63, 3.8) is 0 Å². The van der Waals surface area contributed by atoms with Gasteiger partial charge in [0.15, 0.2) is 0 Å². The van der Waals surface area contributed by atoms with Crippen LogP contribution in [0, 0.1) is 9.49 Å². The van der Waals surface area contributed by atoms with Crippen LogP contribution in [0.25, 0.3) is 0 Å². The maximum absolute atomic E-state index is 5.98. The molecule has 1 N–H and O–H groups in total. The molecule has 100 valence electrons. The molecule has 0 spiro atoms. The number of likely N-dealkylation sites (tertiary alicyclic amines) is 1. The van der Waals surface area contributed by atoms with E-state index in [-0.39, 0.29) is 0 Å². The van der Waals surface area contributed by atoms with Crippen LogP contribution in [-0.4, -0.2) is 31.1 Å². The van der Waals surface area contributed by atoms with E-state index in [4.69, 9.17) is 11.6 Å². The normalized spacial score (nSPS) is 22.8. The highest BCUT2D eigenvalue weighted by molar-refractivity contribution is 14.1. The Labute approximate surface area is 128 Å². The summed E-state index contributed by atoms with van der Waals surface area (Å²) in [6, 6.07) is 6.53. The highest BCUT2D eigenvalue weighted by Gasteiger charge is 2.22. The Bertz CT molecular complexity index is 411. The second-order valence-electron chi connectivity index (χ2n) is 5.22. The molecule has 1 aliphatic heterocycles. The van der Waals surface area contributed by atoms with Gasteiger partial charge in [0.25, 0.3) is 0 Å². The number of hydrogen-bond donors (Lipinski definition) is 1. The van der Waals surface area contributed by atoms with Crippen molar-refractivity contribution in [2.75, 3.05) is 25.5 Å². The van der Waals surface area contributed by atoms with E-state index in [1.54, 1.807) is 0 Å². The van der Waals surface area contributed by atoms with Crippen LogP contribution in [0.3, 0.4) is 0 Å². The zero-order chi connectivity index (χ0) is 13.1. The van der Waals surface area contributed by atoms with Crippen LogP contribution in [0.5, 0.6) is 0 Å². The standard InChI is InChI=1S/C14H20ClIN2/c1-10(11-4-3-7-18(2)9-11)17-14-6-5-12(15)8-13(14)16/h5-6,8,10-11,17H,3-4,7,9H2,1-2H3. The van der Waals surface area contributed by atoms with Crippen LogP contribution < -0.4 is 5.32 Å². The van der Waals surface area contributed by atoms with E-state index in [1.807, 2.05) is 12.1 Å². The van der Waals surface area contributed by atoms with Gasteiger partial charge < -0.3 is 10.2 Å². The van der Waals surface area contributed by atoms with Crippen LogP contribution in [0.4, 0.5) is 5.69 Å². The van der Waals surface area contributed by atoms with E-state index in [2.05, 4.69) is 52.8 Å². The van der Waals surface area contributed by atoms with Gasteiger partial charge in [-0.2, -0.15) is 0 Å². The molecule has 0 saturated carbocycles. The van der Waals surface area contributed by atoms with Crippen molar-refractivity contribution in [2.45, 2.75) is 25.8 Å². The highest BCUT2D eigenvalue weighted by atomic mass is 127. The van der Waals surface area contributed by atoms with Gasteiger partial charge in [0, 0.05) is 26.9 Å². The fourth-order valence-corrected chi connectivity index (χ4v) is 3.61. The van der Waals surface area contributed by atoms with Crippen molar-refractivity contribution in [1.82, 2.24) is 4.90 Å². The minimum Gasteiger partial charge on any atom is -0.381 e. The van der Waals surface area contributed by atoms with Gasteiger partial charge in [-0.1, -0.05) is 11.6 Å². The van der Waals surface area contributed by atoms with Gasteiger partial charge in [0.1, 0.15) is 0 Å². The third kappa shape index (κ3) is 3.75. The summed E-state index contributed by atoms with van der Waals surface area (Å²) in [6.07, 6.45) is 2.63. The second-order valence-corrected chi connectivity index (χ2v) is 6.82. The van der Waals surface area contributed by atoms with Gasteiger partial charge in [0.2, 0.25) is 0 Å². The summed E-state index contributed by atoms with van der Waals surface area (Å²) >= 11 is 8.32. The minimum absolute atomic E-state index is 0.502. The maximum Gasteiger partial charge on any atom is 0.0479 e. The number of nitrogens with one attached hydrogen (secondary N) is 1. The van der Waals surface area contributed by atoms with Crippen molar-refractivity contribution >= 4 is 39.9 Å². The summed E-state index contributed by atoms with van der Waals surface area (Å²) < 4.78 is 1.19. The van der Waals surface area contributed by atoms with E-state index in [1.165, 1.54) is 35.2 Å². The first-order valence-electron chi connectivity index (χ1n) is 6.46. The van der Waals surface area contributed by atoms with E-state index in [9.17, 15) is 0 Å². The lowest BCUT2D eigenvalue weighted by atomic mass is 9.92. The van der Waals surface area contributed by atoms with Gasteiger partial charge in [-0.05, 0) is 80.1 Å². The molecule has 2 rings (SSSR count). The molecule has 0 bridgehead atoms. The zero-order valence-corrected chi connectivity index (χ0v) is 13.8. The Kier molecular flexibility index (Phi) is 5.15. The van der Waals surface area contributed by atoms with Crippen LogP contribution in [0.15, 0.2) is 18.2 Å². The molecular weight excluding hydrogens is 359 g/mol. The second kappa shape index (κ2) is 6.44. The molecule has 0 aliphatic carbocycles. The fourth-order valence-electron chi connectivity index (χ4n) is 2.58.